The smallest absolute Gasteiger partial charge is 0.0850 e. The Morgan fingerprint density at radius 3 is 2.10 bits per heavy atom. The van der Waals surface area contributed by atoms with Gasteiger partial charge in [0.15, 0.2) is 0 Å². The van der Waals surface area contributed by atoms with Gasteiger partial charge in [0.2, 0.25) is 0 Å². The van der Waals surface area contributed by atoms with Crippen LogP contribution in [0.4, 0.5) is 0 Å². The average Bonchev–Trinajstić information content (AvgIpc) is 2.65. The van der Waals surface area contributed by atoms with Gasteiger partial charge in [-0.15, -0.1) is 0 Å². The predicted octanol–water partition coefficient (Wildman–Crippen LogP) is 4.02. The van der Waals surface area contributed by atoms with E-state index < -0.39 is 0 Å². The van der Waals surface area contributed by atoms with Gasteiger partial charge in [-0.2, -0.15) is 0 Å². The molecule has 0 radical (unpaired) electrons. The number of hydrogen-bond acceptors (Lipinski definition) is 3. The molecule has 3 nitrogen and oxygen atoms in total. The number of nitrogens with one attached hydrogen (secondary N) is 1. The molecule has 3 atom stereocenters. The Hall–Kier alpha value is -0.120. The zero-order valence-corrected chi connectivity index (χ0v) is 14.4. The van der Waals surface area contributed by atoms with Gasteiger partial charge in [0.05, 0.1) is 11.6 Å². The Morgan fingerprint density at radius 2 is 1.62 bits per heavy atom. The van der Waals surface area contributed by atoms with E-state index in [0.717, 1.165) is 18.4 Å². The quantitative estimate of drug-likeness (QED) is 0.457. The van der Waals surface area contributed by atoms with Crippen molar-refractivity contribution in [3.8, 4) is 0 Å². The first kappa shape index (κ1) is 17.2. The van der Waals surface area contributed by atoms with E-state index in [4.69, 9.17) is 10.6 Å². The van der Waals surface area contributed by atoms with E-state index >= 15 is 0 Å². The van der Waals surface area contributed by atoms with Gasteiger partial charge >= 0.3 is 0 Å². The fourth-order valence-corrected chi connectivity index (χ4v) is 5.16. The molecule has 0 aliphatic heterocycles. The Labute approximate surface area is 131 Å². The van der Waals surface area contributed by atoms with Crippen LogP contribution in [0.1, 0.15) is 78.6 Å². The second-order valence-corrected chi connectivity index (χ2v) is 7.73. The Bertz CT molecular complexity index is 290. The highest BCUT2D eigenvalue weighted by atomic mass is 16.5. The minimum atomic E-state index is -0.0263. The minimum Gasteiger partial charge on any atom is -0.374 e. The van der Waals surface area contributed by atoms with Crippen LogP contribution >= 0.6 is 0 Å². The lowest BCUT2D eigenvalue weighted by molar-refractivity contribution is -0.0970. The number of nitrogens with two attached hydrogens (primary N) is 1. The van der Waals surface area contributed by atoms with Crippen molar-refractivity contribution in [2.45, 2.75) is 90.2 Å². The first-order valence-electron chi connectivity index (χ1n) is 9.21. The van der Waals surface area contributed by atoms with Gasteiger partial charge in [0, 0.05) is 6.61 Å². The number of ether oxygens (including phenoxy) is 1. The maximum absolute atomic E-state index is 6.38. The SMILES string of the molecule is CCOC1(C(NN)C2CC(C)CC(C)C2)CCCCCC1. The van der Waals surface area contributed by atoms with Crippen molar-refractivity contribution in [2.75, 3.05) is 6.61 Å². The van der Waals surface area contributed by atoms with Gasteiger partial charge < -0.3 is 4.74 Å². The lowest BCUT2D eigenvalue weighted by Crippen LogP contribution is -2.59. The van der Waals surface area contributed by atoms with E-state index in [-0.39, 0.29) is 5.60 Å². The van der Waals surface area contributed by atoms with Crippen LogP contribution < -0.4 is 11.3 Å². The number of rotatable bonds is 5. The Kier molecular flexibility index (Phi) is 6.51. The molecule has 0 spiro atoms. The summed E-state index contributed by atoms with van der Waals surface area (Å²) >= 11 is 0. The van der Waals surface area contributed by atoms with Crippen molar-refractivity contribution in [3.05, 3.63) is 0 Å². The highest BCUT2D eigenvalue weighted by Gasteiger charge is 2.44. The molecule has 2 fully saturated rings. The van der Waals surface area contributed by atoms with Crippen LogP contribution in [0, 0.1) is 17.8 Å². The Morgan fingerprint density at radius 1 is 1.05 bits per heavy atom. The van der Waals surface area contributed by atoms with Gasteiger partial charge in [0.1, 0.15) is 0 Å². The largest absolute Gasteiger partial charge is 0.374 e. The van der Waals surface area contributed by atoms with Crippen LogP contribution in [0.2, 0.25) is 0 Å². The van der Waals surface area contributed by atoms with Gasteiger partial charge in [-0.25, -0.2) is 0 Å². The molecule has 3 N–H and O–H groups in total. The maximum Gasteiger partial charge on any atom is 0.0850 e. The molecule has 0 bridgehead atoms. The van der Waals surface area contributed by atoms with Gasteiger partial charge in [-0.1, -0.05) is 39.5 Å². The molecule has 0 heterocycles. The molecule has 0 saturated heterocycles. The van der Waals surface area contributed by atoms with E-state index in [0.29, 0.717) is 12.0 Å². The van der Waals surface area contributed by atoms with Crippen LogP contribution in [0.3, 0.4) is 0 Å². The molecule has 3 heteroatoms. The lowest BCUT2D eigenvalue weighted by Gasteiger charge is -2.46. The topological polar surface area (TPSA) is 47.3 Å². The molecule has 0 aromatic heterocycles. The molecule has 3 unspecified atom stereocenters. The normalized spacial score (nSPS) is 35.1. The van der Waals surface area contributed by atoms with Crippen LogP contribution in [-0.4, -0.2) is 18.2 Å². The van der Waals surface area contributed by atoms with Gasteiger partial charge in [0.25, 0.3) is 0 Å². The zero-order valence-electron chi connectivity index (χ0n) is 14.4. The summed E-state index contributed by atoms with van der Waals surface area (Å²) in [5, 5.41) is 0. The van der Waals surface area contributed by atoms with Crippen molar-refractivity contribution >= 4 is 0 Å². The zero-order chi connectivity index (χ0) is 15.3. The van der Waals surface area contributed by atoms with Crippen molar-refractivity contribution in [1.29, 1.82) is 0 Å². The van der Waals surface area contributed by atoms with Crippen LogP contribution in [0.5, 0.6) is 0 Å². The summed E-state index contributed by atoms with van der Waals surface area (Å²) in [7, 11) is 0. The molecule has 2 rings (SSSR count). The molecular weight excluding hydrogens is 260 g/mol. The highest BCUT2D eigenvalue weighted by molar-refractivity contribution is 4.99. The third-order valence-corrected chi connectivity index (χ3v) is 5.81. The van der Waals surface area contributed by atoms with E-state index in [1.165, 1.54) is 57.8 Å². The first-order chi connectivity index (χ1) is 10.1. The first-order valence-corrected chi connectivity index (χ1v) is 9.21. The molecule has 0 aromatic rings. The summed E-state index contributed by atoms with van der Waals surface area (Å²) < 4.78 is 6.38. The van der Waals surface area contributed by atoms with Gasteiger partial charge in [-0.3, -0.25) is 11.3 Å². The van der Waals surface area contributed by atoms with E-state index in [2.05, 4.69) is 26.2 Å². The molecule has 2 aliphatic carbocycles. The highest BCUT2D eigenvalue weighted by Crippen LogP contribution is 2.42. The van der Waals surface area contributed by atoms with Crippen molar-refractivity contribution in [1.82, 2.24) is 5.43 Å². The molecule has 2 saturated carbocycles. The fourth-order valence-electron chi connectivity index (χ4n) is 5.16. The van der Waals surface area contributed by atoms with Crippen molar-refractivity contribution in [2.24, 2.45) is 23.6 Å². The predicted molar refractivity (Wildman–Crippen MR) is 88.8 cm³/mol. The van der Waals surface area contributed by atoms with E-state index in [1.807, 2.05) is 0 Å². The summed E-state index contributed by atoms with van der Waals surface area (Å²) in [5.41, 5.74) is 3.18. The molecule has 21 heavy (non-hydrogen) atoms. The van der Waals surface area contributed by atoms with Crippen LogP contribution in [0.15, 0.2) is 0 Å². The standard InChI is InChI=1S/C18H36N2O/c1-4-21-18(9-7-5-6-8-10-18)17(20-19)16-12-14(2)11-15(3)13-16/h14-17,20H,4-13,19H2,1-3H3. The monoisotopic (exact) mass is 296 g/mol. The Balaban J connectivity index is 2.17. The van der Waals surface area contributed by atoms with Crippen LogP contribution in [-0.2, 0) is 4.74 Å². The number of hydrogen-bond donors (Lipinski definition) is 2. The lowest BCUT2D eigenvalue weighted by atomic mass is 9.68. The van der Waals surface area contributed by atoms with E-state index in [9.17, 15) is 0 Å². The van der Waals surface area contributed by atoms with Crippen molar-refractivity contribution in [3.63, 3.8) is 0 Å². The second-order valence-electron chi connectivity index (χ2n) is 7.73. The average molecular weight is 296 g/mol. The van der Waals surface area contributed by atoms with Gasteiger partial charge in [-0.05, 0) is 56.8 Å². The molecular formula is C18H36N2O. The van der Waals surface area contributed by atoms with E-state index in [1.54, 1.807) is 0 Å². The number of hydrazine groups is 1. The summed E-state index contributed by atoms with van der Waals surface area (Å²) in [4.78, 5) is 0. The van der Waals surface area contributed by atoms with Crippen molar-refractivity contribution < 1.29 is 4.74 Å². The molecule has 2 aliphatic rings. The molecule has 124 valence electrons. The second kappa shape index (κ2) is 7.94. The summed E-state index contributed by atoms with van der Waals surface area (Å²) in [6.07, 6.45) is 11.6. The molecule has 0 amide bonds. The third kappa shape index (κ3) is 4.20. The third-order valence-electron chi connectivity index (χ3n) is 5.81. The van der Waals surface area contributed by atoms with Crippen LogP contribution in [0.25, 0.3) is 0 Å². The fraction of sp³-hybridized carbons (Fsp3) is 1.00. The summed E-state index contributed by atoms with van der Waals surface area (Å²) in [6, 6.07) is 0.320. The molecule has 0 aromatic carbocycles. The maximum atomic E-state index is 6.38. The minimum absolute atomic E-state index is 0.0263. The summed E-state index contributed by atoms with van der Waals surface area (Å²) in [5.74, 6) is 8.36. The summed E-state index contributed by atoms with van der Waals surface area (Å²) in [6.45, 7) is 7.73.